The highest BCUT2D eigenvalue weighted by Crippen LogP contribution is 2.34. The van der Waals surface area contributed by atoms with Gasteiger partial charge in [-0.25, -0.2) is 4.79 Å². The first-order valence-corrected chi connectivity index (χ1v) is 7.72. The van der Waals surface area contributed by atoms with E-state index in [1.165, 1.54) is 12.1 Å². The summed E-state index contributed by atoms with van der Waals surface area (Å²) in [6, 6.07) is 7.35. The number of carbonyl (C=O) groups excluding carboxylic acids is 2. The predicted octanol–water partition coefficient (Wildman–Crippen LogP) is 3.38. The number of rotatable bonds is 5. The van der Waals surface area contributed by atoms with E-state index in [1.807, 2.05) is 0 Å². The lowest BCUT2D eigenvalue weighted by molar-refractivity contribution is -0.384. The summed E-state index contributed by atoms with van der Waals surface area (Å²) in [6.07, 6.45) is -6.14. The van der Waals surface area contributed by atoms with Gasteiger partial charge in [0.25, 0.3) is 11.6 Å². The average molecular weight is 397 g/mol. The summed E-state index contributed by atoms with van der Waals surface area (Å²) in [5, 5.41) is 12.7. The number of amides is 1. The number of benzene rings is 2. The van der Waals surface area contributed by atoms with Crippen molar-refractivity contribution < 1.29 is 32.4 Å². The van der Waals surface area contributed by atoms with Gasteiger partial charge in [0.05, 0.1) is 27.4 Å². The number of nitro groups is 1. The zero-order chi connectivity index (χ0) is 21.1. The Morgan fingerprint density at radius 2 is 1.86 bits per heavy atom. The number of esters is 1. The van der Waals surface area contributed by atoms with Gasteiger partial charge < -0.3 is 15.8 Å². The van der Waals surface area contributed by atoms with E-state index in [2.05, 4.69) is 5.32 Å². The van der Waals surface area contributed by atoms with Crippen molar-refractivity contribution in [1.82, 2.24) is 0 Å². The van der Waals surface area contributed by atoms with Gasteiger partial charge in [0, 0.05) is 12.1 Å². The SMILES string of the molecule is C[C@@H](OC(=O)c1ccc([N+](=O)[O-])cc1N)C(=O)Nc1ccccc1C(F)(F)F. The second-order valence-electron chi connectivity index (χ2n) is 5.61. The number of non-ortho nitro benzene ring substituents is 1. The molecule has 0 unspecified atom stereocenters. The van der Waals surface area contributed by atoms with Crippen LogP contribution in [0.2, 0.25) is 0 Å². The van der Waals surface area contributed by atoms with Gasteiger partial charge in [0.15, 0.2) is 6.10 Å². The van der Waals surface area contributed by atoms with Crippen LogP contribution in [0.1, 0.15) is 22.8 Å². The number of halogens is 3. The molecule has 0 saturated carbocycles. The number of hydrogen-bond donors (Lipinski definition) is 2. The van der Waals surface area contributed by atoms with Crippen molar-refractivity contribution in [3.63, 3.8) is 0 Å². The van der Waals surface area contributed by atoms with Crippen LogP contribution >= 0.6 is 0 Å². The molecule has 0 heterocycles. The van der Waals surface area contributed by atoms with E-state index in [0.29, 0.717) is 0 Å². The fraction of sp³-hybridized carbons (Fsp3) is 0.176. The maximum absolute atomic E-state index is 13.0. The fourth-order valence-electron chi connectivity index (χ4n) is 2.20. The number of para-hydroxylation sites is 1. The second kappa shape index (κ2) is 7.94. The molecular weight excluding hydrogens is 383 g/mol. The molecule has 0 bridgehead atoms. The largest absolute Gasteiger partial charge is 0.449 e. The highest BCUT2D eigenvalue weighted by molar-refractivity contribution is 6.00. The van der Waals surface area contributed by atoms with Crippen LogP contribution in [0.25, 0.3) is 0 Å². The molecular formula is C17H14F3N3O5. The first-order chi connectivity index (χ1) is 13.0. The lowest BCUT2D eigenvalue weighted by Gasteiger charge is -2.17. The van der Waals surface area contributed by atoms with Crippen LogP contribution in [0.15, 0.2) is 42.5 Å². The highest BCUT2D eigenvalue weighted by Gasteiger charge is 2.34. The molecule has 0 aliphatic heterocycles. The number of hydrogen-bond acceptors (Lipinski definition) is 6. The van der Waals surface area contributed by atoms with Gasteiger partial charge in [-0.3, -0.25) is 14.9 Å². The Morgan fingerprint density at radius 1 is 1.21 bits per heavy atom. The number of nitrogen functional groups attached to an aromatic ring is 1. The molecule has 11 heteroatoms. The molecule has 3 N–H and O–H groups in total. The minimum absolute atomic E-state index is 0.221. The van der Waals surface area contributed by atoms with Gasteiger partial charge in [-0.15, -0.1) is 0 Å². The number of nitrogens with one attached hydrogen (secondary N) is 1. The summed E-state index contributed by atoms with van der Waals surface area (Å²) >= 11 is 0. The van der Waals surface area contributed by atoms with Crippen molar-refractivity contribution in [1.29, 1.82) is 0 Å². The molecule has 0 aliphatic rings. The number of alkyl halides is 3. The van der Waals surface area contributed by atoms with Gasteiger partial charge in [0.1, 0.15) is 0 Å². The Hall–Kier alpha value is -3.63. The number of nitrogens with zero attached hydrogens (tertiary/aromatic N) is 1. The predicted molar refractivity (Wildman–Crippen MR) is 92.5 cm³/mol. The van der Waals surface area contributed by atoms with Gasteiger partial charge in [-0.2, -0.15) is 13.2 Å². The van der Waals surface area contributed by atoms with Gasteiger partial charge >= 0.3 is 12.1 Å². The summed E-state index contributed by atoms with van der Waals surface area (Å²) < 4.78 is 43.8. The van der Waals surface area contributed by atoms with Gasteiger partial charge in [-0.05, 0) is 25.1 Å². The summed E-state index contributed by atoms with van der Waals surface area (Å²) in [4.78, 5) is 34.2. The molecule has 148 valence electrons. The van der Waals surface area contributed by atoms with Crippen LogP contribution in [0, 0.1) is 10.1 Å². The van der Waals surface area contributed by atoms with E-state index < -0.39 is 40.3 Å². The molecule has 1 atom stereocenters. The standard InChI is InChI=1S/C17H14F3N3O5/c1-9(15(24)22-14-5-3-2-4-12(14)17(18,19)20)28-16(25)11-7-6-10(23(26)27)8-13(11)21/h2-9H,21H2,1H3,(H,22,24)/t9-/m1/s1. The van der Waals surface area contributed by atoms with Crippen molar-refractivity contribution in [2.45, 2.75) is 19.2 Å². The molecule has 0 spiro atoms. The molecule has 0 radical (unpaired) electrons. The molecule has 2 rings (SSSR count). The minimum Gasteiger partial charge on any atom is -0.449 e. The summed E-state index contributed by atoms with van der Waals surface area (Å²) in [5.74, 6) is -2.05. The zero-order valence-electron chi connectivity index (χ0n) is 14.3. The molecule has 2 aromatic rings. The van der Waals surface area contributed by atoms with E-state index in [9.17, 15) is 32.9 Å². The Kier molecular flexibility index (Phi) is 5.87. The molecule has 2 aromatic carbocycles. The first-order valence-electron chi connectivity index (χ1n) is 7.72. The van der Waals surface area contributed by atoms with Crippen LogP contribution in [0.4, 0.5) is 30.2 Å². The smallest absolute Gasteiger partial charge is 0.418 e. The van der Waals surface area contributed by atoms with Crippen molar-refractivity contribution >= 4 is 28.9 Å². The van der Waals surface area contributed by atoms with Crippen LogP contribution in [-0.2, 0) is 15.7 Å². The average Bonchev–Trinajstić information content (AvgIpc) is 2.60. The first kappa shape index (κ1) is 20.7. The molecule has 0 fully saturated rings. The van der Waals surface area contributed by atoms with Crippen LogP contribution < -0.4 is 11.1 Å². The minimum atomic E-state index is -4.68. The lowest BCUT2D eigenvalue weighted by atomic mass is 10.1. The number of carbonyl (C=O) groups is 2. The Labute approximate surface area is 156 Å². The molecule has 0 saturated heterocycles. The number of nitro benzene ring substituents is 1. The van der Waals surface area contributed by atoms with E-state index in [0.717, 1.165) is 37.3 Å². The van der Waals surface area contributed by atoms with E-state index >= 15 is 0 Å². The van der Waals surface area contributed by atoms with Crippen molar-refractivity contribution in [2.75, 3.05) is 11.1 Å². The van der Waals surface area contributed by atoms with Crippen LogP contribution in [0.5, 0.6) is 0 Å². The topological polar surface area (TPSA) is 125 Å². The zero-order valence-corrected chi connectivity index (χ0v) is 14.3. The molecule has 0 aromatic heterocycles. The van der Waals surface area contributed by atoms with Crippen LogP contribution in [-0.4, -0.2) is 22.9 Å². The third-order valence-electron chi connectivity index (χ3n) is 3.61. The number of ether oxygens (including phenoxy) is 1. The highest BCUT2D eigenvalue weighted by atomic mass is 19.4. The van der Waals surface area contributed by atoms with E-state index in [1.54, 1.807) is 0 Å². The Morgan fingerprint density at radius 3 is 2.43 bits per heavy atom. The van der Waals surface area contributed by atoms with Gasteiger partial charge in [-0.1, -0.05) is 12.1 Å². The van der Waals surface area contributed by atoms with Crippen molar-refractivity contribution in [3.05, 3.63) is 63.7 Å². The second-order valence-corrected chi connectivity index (χ2v) is 5.61. The Balaban J connectivity index is 2.11. The van der Waals surface area contributed by atoms with E-state index in [4.69, 9.17) is 10.5 Å². The molecule has 1 amide bonds. The monoisotopic (exact) mass is 397 g/mol. The summed E-state index contributed by atoms with van der Waals surface area (Å²) in [6.45, 7) is 1.16. The quantitative estimate of drug-likeness (QED) is 0.345. The maximum Gasteiger partial charge on any atom is 0.418 e. The Bertz CT molecular complexity index is 930. The molecule has 28 heavy (non-hydrogen) atoms. The van der Waals surface area contributed by atoms with Crippen LogP contribution in [0.3, 0.4) is 0 Å². The van der Waals surface area contributed by atoms with E-state index in [-0.39, 0.29) is 16.9 Å². The normalized spacial score (nSPS) is 12.1. The third kappa shape index (κ3) is 4.75. The summed E-state index contributed by atoms with van der Waals surface area (Å²) in [7, 11) is 0. The lowest BCUT2D eigenvalue weighted by Crippen LogP contribution is -2.31. The molecule has 8 nitrogen and oxygen atoms in total. The molecule has 0 aliphatic carbocycles. The fourth-order valence-corrected chi connectivity index (χ4v) is 2.20. The van der Waals surface area contributed by atoms with Crippen molar-refractivity contribution in [3.8, 4) is 0 Å². The maximum atomic E-state index is 13.0. The summed E-state index contributed by atoms with van der Waals surface area (Å²) in [5.41, 5.74) is 3.22. The number of anilines is 2. The number of nitrogens with two attached hydrogens (primary N) is 1. The van der Waals surface area contributed by atoms with Crippen molar-refractivity contribution in [2.24, 2.45) is 0 Å². The van der Waals surface area contributed by atoms with Gasteiger partial charge in [0.2, 0.25) is 0 Å². The third-order valence-corrected chi connectivity index (χ3v) is 3.61.